The van der Waals surface area contributed by atoms with Crippen molar-refractivity contribution in [2.24, 2.45) is 4.99 Å². The number of sulfonamides is 1. The first-order valence-corrected chi connectivity index (χ1v) is 10.7. The van der Waals surface area contributed by atoms with Gasteiger partial charge in [0, 0.05) is 11.6 Å². The van der Waals surface area contributed by atoms with Crippen molar-refractivity contribution in [3.8, 4) is 0 Å². The maximum absolute atomic E-state index is 12.7. The summed E-state index contributed by atoms with van der Waals surface area (Å²) in [5, 5.41) is 0. The fourth-order valence-corrected chi connectivity index (χ4v) is 4.75. The predicted molar refractivity (Wildman–Crippen MR) is 112 cm³/mol. The lowest BCUT2D eigenvalue weighted by molar-refractivity contribution is 0.603. The summed E-state index contributed by atoms with van der Waals surface area (Å²) in [6.07, 6.45) is 1.78. The molecule has 4 nitrogen and oxygen atoms in total. The third-order valence-corrected chi connectivity index (χ3v) is 6.55. The van der Waals surface area contributed by atoms with E-state index in [4.69, 9.17) is 0 Å². The normalized spacial score (nSPS) is 18.6. The molecule has 1 atom stereocenters. The average molecular weight is 383 g/mol. The van der Waals surface area contributed by atoms with E-state index in [-0.39, 0.29) is 6.04 Å². The molecule has 5 heteroatoms. The quantitative estimate of drug-likeness (QED) is 0.834. The van der Waals surface area contributed by atoms with E-state index in [0.29, 0.717) is 21.9 Å². The summed E-state index contributed by atoms with van der Waals surface area (Å²) in [6, 6.07) is 16.0. The average Bonchev–Trinajstić information content (AvgIpc) is 2.85. The number of nitrogens with one attached hydrogen (secondary N) is 1. The van der Waals surface area contributed by atoms with Crippen molar-refractivity contribution in [2.45, 2.75) is 46.6 Å². The maximum atomic E-state index is 12.7. The number of rotatable bonds is 5. The van der Waals surface area contributed by atoms with E-state index in [1.54, 1.807) is 0 Å². The molecule has 0 saturated heterocycles. The molecule has 0 fully saturated rings. The molecule has 1 unspecified atom stereocenters. The molecule has 0 spiro atoms. The molecule has 1 aliphatic rings. The van der Waals surface area contributed by atoms with Crippen LogP contribution < -0.4 is 4.72 Å². The van der Waals surface area contributed by atoms with E-state index < -0.39 is 10.0 Å². The van der Waals surface area contributed by atoms with E-state index in [9.17, 15) is 8.42 Å². The molecule has 0 saturated carbocycles. The topological polar surface area (TPSA) is 58.5 Å². The molecule has 2 aromatic carbocycles. The van der Waals surface area contributed by atoms with Crippen molar-refractivity contribution in [1.29, 1.82) is 0 Å². The Bertz CT molecular complexity index is 1010. The summed E-state index contributed by atoms with van der Waals surface area (Å²) in [5.41, 5.74) is 4.88. The molecule has 0 aliphatic carbocycles. The van der Waals surface area contributed by atoms with Crippen LogP contribution in [-0.4, -0.2) is 20.3 Å². The fraction of sp³-hybridized carbons (Fsp3) is 0.318. The minimum Gasteiger partial charge on any atom is -0.264 e. The standard InChI is InChI=1S/C22H26N2O2S/c1-15-10-13-20(14-16(15)2)21-18(4)22(24-27(21,25)26)23-17(3)11-12-19-8-6-5-7-9-19/h5-10,13-14,17H,11-12H2,1-4H3,(H,23,24). The van der Waals surface area contributed by atoms with Crippen LogP contribution in [0.3, 0.4) is 0 Å². The van der Waals surface area contributed by atoms with Crippen molar-refractivity contribution in [1.82, 2.24) is 4.72 Å². The van der Waals surface area contributed by atoms with Crippen LogP contribution in [0.2, 0.25) is 0 Å². The number of hydrogen-bond donors (Lipinski definition) is 1. The Morgan fingerprint density at radius 1 is 1.00 bits per heavy atom. The van der Waals surface area contributed by atoms with Crippen LogP contribution in [0.15, 0.2) is 59.1 Å². The van der Waals surface area contributed by atoms with Gasteiger partial charge in [-0.05, 0) is 62.8 Å². The number of amidine groups is 1. The van der Waals surface area contributed by atoms with Crippen LogP contribution in [0, 0.1) is 13.8 Å². The molecular formula is C22H26N2O2S. The molecule has 1 N–H and O–H groups in total. The van der Waals surface area contributed by atoms with Crippen LogP contribution in [0.1, 0.15) is 42.5 Å². The van der Waals surface area contributed by atoms with Gasteiger partial charge in [0.2, 0.25) is 0 Å². The summed E-state index contributed by atoms with van der Waals surface area (Å²) >= 11 is 0. The van der Waals surface area contributed by atoms with Crippen LogP contribution in [-0.2, 0) is 16.4 Å². The van der Waals surface area contributed by atoms with Crippen LogP contribution in [0.5, 0.6) is 0 Å². The molecule has 0 radical (unpaired) electrons. The second-order valence-electron chi connectivity index (χ2n) is 7.21. The highest BCUT2D eigenvalue weighted by molar-refractivity contribution is 8.00. The molecule has 1 heterocycles. The van der Waals surface area contributed by atoms with Gasteiger partial charge in [-0.3, -0.25) is 9.71 Å². The van der Waals surface area contributed by atoms with E-state index in [0.717, 1.165) is 24.0 Å². The Kier molecular flexibility index (Phi) is 5.51. The molecule has 0 amide bonds. The maximum Gasteiger partial charge on any atom is 0.264 e. The molecule has 1 aliphatic heterocycles. The van der Waals surface area contributed by atoms with Crippen molar-refractivity contribution in [3.63, 3.8) is 0 Å². The van der Waals surface area contributed by atoms with Gasteiger partial charge >= 0.3 is 0 Å². The Hall–Kier alpha value is -2.40. The summed E-state index contributed by atoms with van der Waals surface area (Å²) in [4.78, 5) is 4.98. The second-order valence-corrected chi connectivity index (χ2v) is 8.83. The third-order valence-electron chi connectivity index (χ3n) is 5.01. The number of aliphatic imine (C=N–C) groups is 1. The molecule has 0 bridgehead atoms. The van der Waals surface area contributed by atoms with E-state index >= 15 is 0 Å². The summed E-state index contributed by atoms with van der Waals surface area (Å²) in [7, 11) is -3.58. The molecular weight excluding hydrogens is 356 g/mol. The number of hydrogen-bond acceptors (Lipinski definition) is 3. The Balaban J connectivity index is 1.85. The van der Waals surface area contributed by atoms with Crippen LogP contribution in [0.25, 0.3) is 4.91 Å². The van der Waals surface area contributed by atoms with Gasteiger partial charge in [0.25, 0.3) is 10.0 Å². The molecule has 142 valence electrons. The minimum atomic E-state index is -3.58. The number of aryl methyl sites for hydroxylation is 3. The van der Waals surface area contributed by atoms with Gasteiger partial charge < -0.3 is 0 Å². The second kappa shape index (κ2) is 7.69. The zero-order valence-electron chi connectivity index (χ0n) is 16.3. The molecule has 27 heavy (non-hydrogen) atoms. The highest BCUT2D eigenvalue weighted by Gasteiger charge is 2.33. The Morgan fingerprint density at radius 2 is 1.70 bits per heavy atom. The lowest BCUT2D eigenvalue weighted by Gasteiger charge is -2.08. The Labute approximate surface area is 162 Å². The number of nitrogens with zero attached hydrogens (tertiary/aromatic N) is 1. The summed E-state index contributed by atoms with van der Waals surface area (Å²) in [6.45, 7) is 7.85. The first-order valence-electron chi connectivity index (χ1n) is 9.21. The van der Waals surface area contributed by atoms with Crippen molar-refractivity contribution >= 4 is 20.8 Å². The lowest BCUT2D eigenvalue weighted by atomic mass is 10.0. The molecule has 3 rings (SSSR count). The van der Waals surface area contributed by atoms with E-state index in [2.05, 4.69) is 21.8 Å². The van der Waals surface area contributed by atoms with Gasteiger partial charge in [0.15, 0.2) is 0 Å². The predicted octanol–water partition coefficient (Wildman–Crippen LogP) is 4.39. The van der Waals surface area contributed by atoms with Crippen molar-refractivity contribution in [2.75, 3.05) is 0 Å². The van der Waals surface area contributed by atoms with Crippen molar-refractivity contribution < 1.29 is 8.42 Å². The highest BCUT2D eigenvalue weighted by atomic mass is 32.2. The van der Waals surface area contributed by atoms with Gasteiger partial charge in [-0.2, -0.15) is 0 Å². The monoisotopic (exact) mass is 382 g/mol. The summed E-state index contributed by atoms with van der Waals surface area (Å²) < 4.78 is 28.0. The minimum absolute atomic E-state index is 0.0250. The van der Waals surface area contributed by atoms with E-state index in [1.165, 1.54) is 5.56 Å². The Morgan fingerprint density at radius 3 is 2.37 bits per heavy atom. The van der Waals surface area contributed by atoms with Gasteiger partial charge in [-0.15, -0.1) is 0 Å². The van der Waals surface area contributed by atoms with Gasteiger partial charge in [-0.25, -0.2) is 8.42 Å². The smallest absolute Gasteiger partial charge is 0.264 e. The van der Waals surface area contributed by atoms with Gasteiger partial charge in [-0.1, -0.05) is 48.5 Å². The number of benzene rings is 2. The first kappa shape index (κ1) is 19.4. The highest BCUT2D eigenvalue weighted by Crippen LogP contribution is 2.31. The lowest BCUT2D eigenvalue weighted by Crippen LogP contribution is -2.25. The van der Waals surface area contributed by atoms with E-state index in [1.807, 2.05) is 64.1 Å². The zero-order valence-corrected chi connectivity index (χ0v) is 17.1. The fourth-order valence-electron chi connectivity index (χ4n) is 3.25. The largest absolute Gasteiger partial charge is 0.264 e. The van der Waals surface area contributed by atoms with Gasteiger partial charge in [0.05, 0.1) is 0 Å². The van der Waals surface area contributed by atoms with Crippen LogP contribution >= 0.6 is 0 Å². The third kappa shape index (κ3) is 4.30. The van der Waals surface area contributed by atoms with Gasteiger partial charge in [0.1, 0.15) is 10.7 Å². The van der Waals surface area contributed by atoms with Crippen LogP contribution in [0.4, 0.5) is 0 Å². The SMILES string of the molecule is CC1=C(c2ccc(C)c(C)c2)S(=O)(=O)NC1=NC(C)CCc1ccccc1. The van der Waals surface area contributed by atoms with Crippen molar-refractivity contribution in [3.05, 3.63) is 76.4 Å². The first-order chi connectivity index (χ1) is 12.8. The molecule has 0 aromatic heterocycles. The summed E-state index contributed by atoms with van der Waals surface area (Å²) in [5.74, 6) is 0.462. The molecule has 2 aromatic rings. The zero-order chi connectivity index (χ0) is 19.6.